The second-order valence-corrected chi connectivity index (χ2v) is 6.19. The number of aromatic nitrogens is 1. The molecule has 0 saturated heterocycles. The molecule has 2 aromatic rings. The predicted molar refractivity (Wildman–Crippen MR) is 92.8 cm³/mol. The third-order valence-electron chi connectivity index (χ3n) is 4.65. The summed E-state index contributed by atoms with van der Waals surface area (Å²) < 4.78 is 0. The van der Waals surface area contributed by atoms with Crippen LogP contribution in [0.1, 0.15) is 35.7 Å². The number of benzene rings is 1. The Kier molecular flexibility index (Phi) is 3.99. The van der Waals surface area contributed by atoms with Crippen LogP contribution < -0.4 is 15.5 Å². The first-order valence-electron chi connectivity index (χ1n) is 8.33. The summed E-state index contributed by atoms with van der Waals surface area (Å²) in [5, 5.41) is 6.87. The van der Waals surface area contributed by atoms with Gasteiger partial charge in [-0.25, -0.2) is 0 Å². The van der Waals surface area contributed by atoms with Gasteiger partial charge < -0.3 is 15.5 Å². The van der Waals surface area contributed by atoms with Crippen LogP contribution in [0.4, 0.5) is 5.69 Å². The molecule has 1 unspecified atom stereocenters. The van der Waals surface area contributed by atoms with Crippen LogP contribution in [0.25, 0.3) is 0 Å². The van der Waals surface area contributed by atoms with E-state index in [0.717, 1.165) is 19.6 Å². The molecule has 4 nitrogen and oxygen atoms in total. The standard InChI is InChI=1S/C19H22N4/c1-3-16-4-2-10-21-19(16)18(5-1)22-13-15-6-8-17(9-7-15)23-12-11-20-14-23/h2,4,6-12,18,20,22H,1,3,5,13-14H2. The van der Waals surface area contributed by atoms with Crippen molar-refractivity contribution in [2.75, 3.05) is 11.6 Å². The molecule has 1 aliphatic carbocycles. The first-order chi connectivity index (χ1) is 11.4. The number of hydrogen-bond acceptors (Lipinski definition) is 4. The van der Waals surface area contributed by atoms with Crippen LogP contribution in [0.15, 0.2) is 55.0 Å². The van der Waals surface area contributed by atoms with Crippen LogP contribution in [-0.2, 0) is 13.0 Å². The second-order valence-electron chi connectivity index (χ2n) is 6.19. The molecular weight excluding hydrogens is 284 g/mol. The van der Waals surface area contributed by atoms with Crippen molar-refractivity contribution in [3.63, 3.8) is 0 Å². The molecule has 118 valence electrons. The summed E-state index contributed by atoms with van der Waals surface area (Å²) in [6.45, 7) is 1.73. The molecule has 2 heterocycles. The highest BCUT2D eigenvalue weighted by Crippen LogP contribution is 2.28. The van der Waals surface area contributed by atoms with E-state index in [1.807, 2.05) is 18.5 Å². The highest BCUT2D eigenvalue weighted by atomic mass is 15.2. The van der Waals surface area contributed by atoms with E-state index >= 15 is 0 Å². The van der Waals surface area contributed by atoms with E-state index in [1.165, 1.54) is 35.3 Å². The molecule has 1 aromatic heterocycles. The summed E-state index contributed by atoms with van der Waals surface area (Å²) in [6, 6.07) is 13.4. The molecular formula is C19H22N4. The van der Waals surface area contributed by atoms with Gasteiger partial charge in [0, 0.05) is 30.8 Å². The Bertz CT molecular complexity index is 693. The van der Waals surface area contributed by atoms with Gasteiger partial charge in [-0.2, -0.15) is 0 Å². The van der Waals surface area contributed by atoms with Crippen LogP contribution >= 0.6 is 0 Å². The summed E-state index contributed by atoms with van der Waals surface area (Å²) in [7, 11) is 0. The molecule has 0 saturated carbocycles. The Morgan fingerprint density at radius 1 is 1.22 bits per heavy atom. The number of hydrogen-bond donors (Lipinski definition) is 2. The molecule has 0 amide bonds. The fourth-order valence-electron chi connectivity index (χ4n) is 3.38. The first-order valence-corrected chi connectivity index (χ1v) is 8.33. The maximum Gasteiger partial charge on any atom is 0.0916 e. The summed E-state index contributed by atoms with van der Waals surface area (Å²) in [6.07, 6.45) is 9.52. The Hall–Kier alpha value is -2.33. The van der Waals surface area contributed by atoms with Gasteiger partial charge in [0.1, 0.15) is 0 Å². The lowest BCUT2D eigenvalue weighted by atomic mass is 9.92. The van der Waals surface area contributed by atoms with Crippen molar-refractivity contribution >= 4 is 5.69 Å². The Morgan fingerprint density at radius 2 is 2.13 bits per heavy atom. The minimum absolute atomic E-state index is 0.380. The number of nitrogens with zero attached hydrogens (tertiary/aromatic N) is 2. The minimum Gasteiger partial charge on any atom is -0.372 e. The largest absolute Gasteiger partial charge is 0.372 e. The molecule has 1 aromatic carbocycles. The van der Waals surface area contributed by atoms with E-state index in [4.69, 9.17) is 0 Å². The molecule has 2 aliphatic rings. The molecule has 2 N–H and O–H groups in total. The Balaban J connectivity index is 1.41. The molecule has 0 radical (unpaired) electrons. The molecule has 0 spiro atoms. The van der Waals surface area contributed by atoms with Crippen molar-refractivity contribution in [2.45, 2.75) is 31.8 Å². The van der Waals surface area contributed by atoms with Gasteiger partial charge in [0.05, 0.1) is 18.4 Å². The summed E-state index contributed by atoms with van der Waals surface area (Å²) in [5.74, 6) is 0. The zero-order valence-corrected chi connectivity index (χ0v) is 13.2. The molecule has 4 rings (SSSR count). The van der Waals surface area contributed by atoms with Gasteiger partial charge in [-0.3, -0.25) is 4.98 Å². The zero-order valence-electron chi connectivity index (χ0n) is 13.2. The average Bonchev–Trinajstić information content (AvgIpc) is 3.15. The minimum atomic E-state index is 0.380. The lowest BCUT2D eigenvalue weighted by Gasteiger charge is -2.25. The summed E-state index contributed by atoms with van der Waals surface area (Å²) in [5.41, 5.74) is 5.18. The van der Waals surface area contributed by atoms with Crippen LogP contribution in [0.2, 0.25) is 0 Å². The highest BCUT2D eigenvalue weighted by Gasteiger charge is 2.20. The van der Waals surface area contributed by atoms with Crippen LogP contribution in [0.5, 0.6) is 0 Å². The second kappa shape index (κ2) is 6.42. The fraction of sp³-hybridized carbons (Fsp3) is 0.316. The van der Waals surface area contributed by atoms with Gasteiger partial charge >= 0.3 is 0 Å². The number of aryl methyl sites for hydroxylation is 1. The smallest absolute Gasteiger partial charge is 0.0916 e. The first kappa shape index (κ1) is 14.3. The number of fused-ring (bicyclic) bond motifs is 1. The Labute approximate surface area is 137 Å². The maximum absolute atomic E-state index is 4.60. The van der Waals surface area contributed by atoms with E-state index in [1.54, 1.807) is 0 Å². The van der Waals surface area contributed by atoms with Crippen molar-refractivity contribution < 1.29 is 0 Å². The third kappa shape index (κ3) is 3.08. The molecule has 0 bridgehead atoms. The van der Waals surface area contributed by atoms with E-state index in [-0.39, 0.29) is 0 Å². The fourth-order valence-corrected chi connectivity index (χ4v) is 3.38. The highest BCUT2D eigenvalue weighted by molar-refractivity contribution is 5.51. The summed E-state index contributed by atoms with van der Waals surface area (Å²) in [4.78, 5) is 6.79. The average molecular weight is 306 g/mol. The maximum atomic E-state index is 4.60. The molecule has 0 fully saturated rings. The van der Waals surface area contributed by atoms with Gasteiger partial charge in [-0.15, -0.1) is 0 Å². The Morgan fingerprint density at radius 3 is 2.96 bits per heavy atom. The van der Waals surface area contributed by atoms with Crippen molar-refractivity contribution in [1.29, 1.82) is 0 Å². The number of pyridine rings is 1. The van der Waals surface area contributed by atoms with Crippen molar-refractivity contribution in [2.24, 2.45) is 0 Å². The number of nitrogens with one attached hydrogen (secondary N) is 2. The SMILES string of the molecule is C1=CN(c2ccc(CNC3CCCc4cccnc43)cc2)CN1. The lowest BCUT2D eigenvalue weighted by Crippen LogP contribution is -2.26. The molecule has 23 heavy (non-hydrogen) atoms. The van der Waals surface area contributed by atoms with E-state index < -0.39 is 0 Å². The monoisotopic (exact) mass is 306 g/mol. The quantitative estimate of drug-likeness (QED) is 0.911. The third-order valence-corrected chi connectivity index (χ3v) is 4.65. The normalized spacial score (nSPS) is 19.5. The van der Waals surface area contributed by atoms with E-state index in [2.05, 4.69) is 57.0 Å². The predicted octanol–water partition coefficient (Wildman–Crippen LogP) is 3.09. The van der Waals surface area contributed by atoms with E-state index in [0.29, 0.717) is 6.04 Å². The van der Waals surface area contributed by atoms with Gasteiger partial charge in [-0.1, -0.05) is 18.2 Å². The lowest BCUT2D eigenvalue weighted by molar-refractivity contribution is 0.447. The van der Waals surface area contributed by atoms with Gasteiger partial charge in [0.25, 0.3) is 0 Å². The summed E-state index contributed by atoms with van der Waals surface area (Å²) >= 11 is 0. The number of anilines is 1. The molecule has 4 heteroatoms. The van der Waals surface area contributed by atoms with Crippen molar-refractivity contribution in [3.05, 3.63) is 71.8 Å². The van der Waals surface area contributed by atoms with Crippen LogP contribution in [0, 0.1) is 0 Å². The zero-order chi connectivity index (χ0) is 15.5. The van der Waals surface area contributed by atoms with E-state index in [9.17, 15) is 0 Å². The van der Waals surface area contributed by atoms with Crippen molar-refractivity contribution in [3.8, 4) is 0 Å². The van der Waals surface area contributed by atoms with Crippen LogP contribution in [-0.4, -0.2) is 11.7 Å². The van der Waals surface area contributed by atoms with Gasteiger partial charge in [0.2, 0.25) is 0 Å². The van der Waals surface area contributed by atoms with Gasteiger partial charge in [-0.05, 0) is 48.6 Å². The molecule has 1 atom stereocenters. The van der Waals surface area contributed by atoms with Gasteiger partial charge in [0.15, 0.2) is 0 Å². The van der Waals surface area contributed by atoms with Crippen molar-refractivity contribution in [1.82, 2.24) is 15.6 Å². The van der Waals surface area contributed by atoms with Crippen LogP contribution in [0.3, 0.4) is 0 Å². The molecule has 1 aliphatic heterocycles. The number of rotatable bonds is 4. The topological polar surface area (TPSA) is 40.2 Å².